The number of nitrogens with zero attached hydrogens (tertiary/aromatic N) is 4. The fourth-order valence-electron chi connectivity index (χ4n) is 2.03. The van der Waals surface area contributed by atoms with Gasteiger partial charge in [-0.1, -0.05) is 12.1 Å². The van der Waals surface area contributed by atoms with Crippen LogP contribution in [0.1, 0.15) is 22.5 Å². The Morgan fingerprint density at radius 1 is 1.33 bits per heavy atom. The minimum Gasteiger partial charge on any atom is -0.490 e. The molecule has 6 nitrogen and oxygen atoms in total. The Morgan fingerprint density at radius 3 is 2.71 bits per heavy atom. The Morgan fingerprint density at radius 2 is 2.05 bits per heavy atom. The Bertz CT molecular complexity index is 673. The summed E-state index contributed by atoms with van der Waals surface area (Å²) in [5, 5.41) is 22.6. The molecule has 6 heteroatoms. The largest absolute Gasteiger partial charge is 0.490 e. The highest BCUT2D eigenvalue weighted by atomic mass is 16.5. The number of rotatable bonds is 5. The third-order valence-corrected chi connectivity index (χ3v) is 3.33. The highest BCUT2D eigenvalue weighted by Crippen LogP contribution is 2.25. The fraction of sp³-hybridized carbons (Fsp3) is 0.400. The molecular formula is C15H18N4O2. The maximum atomic E-state index is 10.0. The van der Waals surface area contributed by atoms with E-state index in [0.717, 1.165) is 22.4 Å². The maximum absolute atomic E-state index is 10.0. The predicted octanol–water partition coefficient (Wildman–Crippen LogP) is 1.51. The molecule has 110 valence electrons. The molecule has 0 saturated heterocycles. The van der Waals surface area contributed by atoms with Crippen LogP contribution in [-0.4, -0.2) is 32.6 Å². The molecule has 21 heavy (non-hydrogen) atoms. The topological polar surface area (TPSA) is 84.0 Å². The summed E-state index contributed by atoms with van der Waals surface area (Å²) in [6.07, 6.45) is 0.697. The molecule has 2 aromatic rings. The molecule has 0 saturated carbocycles. The highest BCUT2D eigenvalue weighted by molar-refractivity contribution is 5.44. The number of aliphatic hydroxyl groups is 1. The van der Waals surface area contributed by atoms with Crippen molar-refractivity contribution < 1.29 is 9.84 Å². The number of aliphatic hydroxyl groups excluding tert-OH is 1. The third kappa shape index (κ3) is 3.58. The van der Waals surface area contributed by atoms with E-state index in [1.165, 1.54) is 11.0 Å². The van der Waals surface area contributed by atoms with Crippen molar-refractivity contribution in [1.29, 1.82) is 5.26 Å². The summed E-state index contributed by atoms with van der Waals surface area (Å²) >= 11 is 0. The molecule has 1 heterocycles. The van der Waals surface area contributed by atoms with Crippen LogP contribution in [0.4, 0.5) is 0 Å². The molecule has 1 atom stereocenters. The van der Waals surface area contributed by atoms with Crippen LogP contribution < -0.4 is 4.74 Å². The van der Waals surface area contributed by atoms with E-state index in [1.807, 2.05) is 39.0 Å². The number of benzene rings is 1. The number of hydrogen-bond donors (Lipinski definition) is 1. The van der Waals surface area contributed by atoms with Gasteiger partial charge in [-0.25, -0.2) is 9.67 Å². The van der Waals surface area contributed by atoms with Crippen molar-refractivity contribution in [3.05, 3.63) is 41.0 Å². The molecule has 1 aromatic carbocycles. The lowest BCUT2D eigenvalue weighted by Crippen LogP contribution is -2.24. The quantitative estimate of drug-likeness (QED) is 0.900. The maximum Gasteiger partial charge on any atom is 0.252 e. The standard InChI is InChI=1S/C15H18N4O2/c1-10-4-5-11(2)15(12(10)3)21-8-13(20)7-19-9-17-14(6-16)18-19/h4-5,9,13,20H,7-8H2,1-3H3. The van der Waals surface area contributed by atoms with Gasteiger partial charge in [0.25, 0.3) is 5.82 Å². The van der Waals surface area contributed by atoms with Gasteiger partial charge in [-0.05, 0) is 37.5 Å². The van der Waals surface area contributed by atoms with E-state index in [9.17, 15) is 5.11 Å². The number of hydrogen-bond acceptors (Lipinski definition) is 5. The molecule has 1 aromatic heterocycles. The lowest BCUT2D eigenvalue weighted by Gasteiger charge is -2.16. The molecule has 0 aliphatic carbocycles. The molecule has 0 spiro atoms. The summed E-state index contributed by atoms with van der Waals surface area (Å²) in [5.41, 5.74) is 3.27. The SMILES string of the molecule is Cc1ccc(C)c(OCC(O)Cn2cnc(C#N)n2)c1C. The number of aryl methyl sites for hydroxylation is 2. The zero-order valence-corrected chi connectivity index (χ0v) is 12.4. The zero-order valence-electron chi connectivity index (χ0n) is 12.4. The van der Waals surface area contributed by atoms with Crippen molar-refractivity contribution in [3.63, 3.8) is 0 Å². The van der Waals surface area contributed by atoms with Crippen molar-refractivity contribution in [2.24, 2.45) is 0 Å². The number of ether oxygens (including phenoxy) is 1. The average molecular weight is 286 g/mol. The molecule has 2 rings (SSSR count). The van der Waals surface area contributed by atoms with E-state index >= 15 is 0 Å². The zero-order chi connectivity index (χ0) is 15.4. The van der Waals surface area contributed by atoms with Crippen LogP contribution in [0.3, 0.4) is 0 Å². The minimum absolute atomic E-state index is 0.0912. The molecule has 0 amide bonds. The molecule has 0 bridgehead atoms. The van der Waals surface area contributed by atoms with Crippen LogP contribution in [0.25, 0.3) is 0 Å². The second-order valence-electron chi connectivity index (χ2n) is 5.02. The van der Waals surface area contributed by atoms with Gasteiger partial charge in [-0.3, -0.25) is 0 Å². The third-order valence-electron chi connectivity index (χ3n) is 3.33. The Balaban J connectivity index is 1.97. The van der Waals surface area contributed by atoms with Crippen LogP contribution in [0.5, 0.6) is 5.75 Å². The summed E-state index contributed by atoms with van der Waals surface area (Å²) in [6.45, 7) is 6.40. The van der Waals surface area contributed by atoms with Gasteiger partial charge in [-0.2, -0.15) is 5.26 Å². The summed E-state index contributed by atoms with van der Waals surface area (Å²) < 4.78 is 7.17. The van der Waals surface area contributed by atoms with Crippen LogP contribution in [0.15, 0.2) is 18.5 Å². The lowest BCUT2D eigenvalue weighted by molar-refractivity contribution is 0.0885. The summed E-state index contributed by atoms with van der Waals surface area (Å²) in [7, 11) is 0. The van der Waals surface area contributed by atoms with Crippen molar-refractivity contribution in [2.45, 2.75) is 33.4 Å². The first-order chi connectivity index (χ1) is 10.0. The first-order valence-electron chi connectivity index (χ1n) is 6.68. The summed E-state index contributed by atoms with van der Waals surface area (Å²) in [6, 6.07) is 5.89. The highest BCUT2D eigenvalue weighted by Gasteiger charge is 2.11. The van der Waals surface area contributed by atoms with Gasteiger partial charge in [0, 0.05) is 0 Å². The van der Waals surface area contributed by atoms with Gasteiger partial charge < -0.3 is 9.84 Å². The summed E-state index contributed by atoms with van der Waals surface area (Å²) in [4.78, 5) is 3.78. The molecule has 1 N–H and O–H groups in total. The van der Waals surface area contributed by atoms with Crippen LogP contribution >= 0.6 is 0 Å². The number of aromatic nitrogens is 3. The van der Waals surface area contributed by atoms with Crippen LogP contribution in [0, 0.1) is 32.1 Å². The predicted molar refractivity (Wildman–Crippen MR) is 76.9 cm³/mol. The first kappa shape index (κ1) is 15.0. The second kappa shape index (κ2) is 6.37. The first-order valence-corrected chi connectivity index (χ1v) is 6.68. The average Bonchev–Trinajstić information content (AvgIpc) is 2.90. The molecule has 0 radical (unpaired) electrons. The lowest BCUT2D eigenvalue weighted by atomic mass is 10.1. The normalized spacial score (nSPS) is 12.0. The van der Waals surface area contributed by atoms with Gasteiger partial charge in [-0.15, -0.1) is 5.10 Å². The Hall–Kier alpha value is -2.39. The van der Waals surface area contributed by atoms with E-state index in [-0.39, 0.29) is 19.0 Å². The molecular weight excluding hydrogens is 268 g/mol. The van der Waals surface area contributed by atoms with Gasteiger partial charge in [0.05, 0.1) is 6.54 Å². The van der Waals surface area contributed by atoms with E-state index in [1.54, 1.807) is 0 Å². The van der Waals surface area contributed by atoms with Crippen molar-refractivity contribution in [2.75, 3.05) is 6.61 Å². The van der Waals surface area contributed by atoms with Gasteiger partial charge in [0.2, 0.25) is 0 Å². The van der Waals surface area contributed by atoms with E-state index in [2.05, 4.69) is 10.1 Å². The minimum atomic E-state index is -0.724. The van der Waals surface area contributed by atoms with Crippen molar-refractivity contribution >= 4 is 0 Å². The van der Waals surface area contributed by atoms with Crippen molar-refractivity contribution in [3.8, 4) is 11.8 Å². The Kier molecular flexibility index (Phi) is 4.55. The van der Waals surface area contributed by atoms with Crippen LogP contribution in [-0.2, 0) is 6.54 Å². The Labute approximate surface area is 123 Å². The van der Waals surface area contributed by atoms with Crippen molar-refractivity contribution in [1.82, 2.24) is 14.8 Å². The van der Waals surface area contributed by atoms with Gasteiger partial charge in [0.1, 0.15) is 30.9 Å². The molecule has 0 aliphatic rings. The molecule has 1 unspecified atom stereocenters. The fourth-order valence-corrected chi connectivity index (χ4v) is 2.03. The number of nitriles is 1. The van der Waals surface area contributed by atoms with Gasteiger partial charge >= 0.3 is 0 Å². The summed E-state index contributed by atoms with van der Waals surface area (Å²) in [5.74, 6) is 0.902. The van der Waals surface area contributed by atoms with E-state index in [4.69, 9.17) is 10.00 Å². The smallest absolute Gasteiger partial charge is 0.252 e. The molecule has 0 fully saturated rings. The van der Waals surface area contributed by atoms with Gasteiger partial charge in [0.15, 0.2) is 0 Å². The second-order valence-corrected chi connectivity index (χ2v) is 5.02. The van der Waals surface area contributed by atoms with E-state index < -0.39 is 6.10 Å². The monoisotopic (exact) mass is 286 g/mol. The van der Waals surface area contributed by atoms with E-state index in [0.29, 0.717) is 0 Å². The molecule has 0 aliphatic heterocycles. The van der Waals surface area contributed by atoms with Crippen LogP contribution in [0.2, 0.25) is 0 Å².